The molecule has 0 spiro atoms. The van der Waals surface area contributed by atoms with E-state index >= 15 is 0 Å². The molecule has 4 rings (SSSR count). The van der Waals surface area contributed by atoms with E-state index in [1.54, 1.807) is 30.7 Å². The van der Waals surface area contributed by atoms with Crippen LogP contribution in [0.2, 0.25) is 0 Å². The molecule has 7 heteroatoms. The highest BCUT2D eigenvalue weighted by Gasteiger charge is 2.17. The van der Waals surface area contributed by atoms with Crippen molar-refractivity contribution in [2.75, 3.05) is 6.54 Å². The Morgan fingerprint density at radius 1 is 1.07 bits per heavy atom. The average molecular weight is 404 g/mol. The molecule has 0 atom stereocenters. The number of hydrogen-bond donors (Lipinski definition) is 1. The van der Waals surface area contributed by atoms with E-state index in [2.05, 4.69) is 20.3 Å². The molecule has 0 saturated carbocycles. The highest BCUT2D eigenvalue weighted by atomic mass is 32.1. The molecule has 0 fully saturated rings. The summed E-state index contributed by atoms with van der Waals surface area (Å²) in [5.74, 6) is 0.757. The molecule has 3 heterocycles. The fraction of sp³-hybridized carbons (Fsp3) is 0.182. The number of nitrogens with one attached hydrogen (secondary N) is 1. The van der Waals surface area contributed by atoms with Crippen LogP contribution in [0.3, 0.4) is 0 Å². The standard InChI is InChI=1S/C22H20N4O2S/c1-15-20(26-22(28-15)17-6-3-2-4-7-17)21(27)24-11-5-8-19-25-18(14-29-19)16-9-12-23-13-10-16/h2-4,6-7,9-10,12-14H,5,8,11H2,1H3,(H,24,27). The predicted octanol–water partition coefficient (Wildman–Crippen LogP) is 4.53. The summed E-state index contributed by atoms with van der Waals surface area (Å²) in [4.78, 5) is 25.5. The van der Waals surface area contributed by atoms with Crippen LogP contribution < -0.4 is 5.32 Å². The van der Waals surface area contributed by atoms with E-state index in [0.717, 1.165) is 34.7 Å². The van der Waals surface area contributed by atoms with E-state index in [-0.39, 0.29) is 5.91 Å². The number of aromatic nitrogens is 3. The molecular formula is C22H20N4O2S. The Balaban J connectivity index is 1.30. The van der Waals surface area contributed by atoms with Crippen molar-refractivity contribution in [3.63, 3.8) is 0 Å². The second-order valence-electron chi connectivity index (χ2n) is 6.51. The maximum Gasteiger partial charge on any atom is 0.273 e. The minimum Gasteiger partial charge on any atom is -0.441 e. The molecule has 0 radical (unpaired) electrons. The number of oxazole rings is 1. The Hall–Kier alpha value is -3.32. The number of carbonyl (C=O) groups excluding carboxylic acids is 1. The number of hydrogen-bond acceptors (Lipinski definition) is 6. The summed E-state index contributed by atoms with van der Waals surface area (Å²) >= 11 is 1.63. The van der Waals surface area contributed by atoms with Crippen molar-refractivity contribution in [1.82, 2.24) is 20.3 Å². The van der Waals surface area contributed by atoms with E-state index in [0.29, 0.717) is 23.9 Å². The van der Waals surface area contributed by atoms with Gasteiger partial charge in [-0.25, -0.2) is 9.97 Å². The van der Waals surface area contributed by atoms with Gasteiger partial charge in [-0.3, -0.25) is 9.78 Å². The number of benzene rings is 1. The van der Waals surface area contributed by atoms with Crippen LogP contribution >= 0.6 is 11.3 Å². The number of thiazole rings is 1. The lowest BCUT2D eigenvalue weighted by atomic mass is 10.2. The van der Waals surface area contributed by atoms with Crippen LogP contribution in [0.5, 0.6) is 0 Å². The summed E-state index contributed by atoms with van der Waals surface area (Å²) in [5, 5.41) is 6.02. The zero-order chi connectivity index (χ0) is 20.1. The van der Waals surface area contributed by atoms with E-state index in [4.69, 9.17) is 4.42 Å². The summed E-state index contributed by atoms with van der Waals surface area (Å²) in [5.41, 5.74) is 3.20. The molecule has 0 aliphatic carbocycles. The fourth-order valence-corrected chi connectivity index (χ4v) is 3.77. The van der Waals surface area contributed by atoms with Gasteiger partial charge in [0.2, 0.25) is 5.89 Å². The zero-order valence-corrected chi connectivity index (χ0v) is 16.8. The fourth-order valence-electron chi connectivity index (χ4n) is 2.92. The average Bonchev–Trinajstić information content (AvgIpc) is 3.39. The summed E-state index contributed by atoms with van der Waals surface area (Å²) in [6, 6.07) is 13.4. The molecule has 1 amide bonds. The second-order valence-corrected chi connectivity index (χ2v) is 7.45. The van der Waals surface area contributed by atoms with Crippen molar-refractivity contribution in [2.24, 2.45) is 0 Å². The molecule has 0 saturated heterocycles. The Kier molecular flexibility index (Phi) is 5.76. The smallest absolute Gasteiger partial charge is 0.273 e. The van der Waals surface area contributed by atoms with Crippen molar-refractivity contribution in [1.29, 1.82) is 0 Å². The van der Waals surface area contributed by atoms with Crippen LogP contribution in [0.15, 0.2) is 64.7 Å². The third-order valence-electron chi connectivity index (χ3n) is 4.41. The second kappa shape index (κ2) is 8.79. The van der Waals surface area contributed by atoms with Gasteiger partial charge in [-0.05, 0) is 37.6 Å². The highest BCUT2D eigenvalue weighted by molar-refractivity contribution is 7.09. The summed E-state index contributed by atoms with van der Waals surface area (Å²) in [6.07, 6.45) is 5.14. The first-order chi connectivity index (χ1) is 14.2. The van der Waals surface area contributed by atoms with Crippen LogP contribution in [-0.2, 0) is 6.42 Å². The zero-order valence-electron chi connectivity index (χ0n) is 16.0. The number of pyridine rings is 1. The van der Waals surface area contributed by atoms with Gasteiger partial charge >= 0.3 is 0 Å². The van der Waals surface area contributed by atoms with Crippen LogP contribution in [0, 0.1) is 6.92 Å². The lowest BCUT2D eigenvalue weighted by Crippen LogP contribution is -2.25. The van der Waals surface area contributed by atoms with E-state index in [9.17, 15) is 4.79 Å². The minimum absolute atomic E-state index is 0.218. The maximum absolute atomic E-state index is 12.5. The molecule has 6 nitrogen and oxygen atoms in total. The number of carbonyl (C=O) groups is 1. The Bertz CT molecular complexity index is 1090. The summed E-state index contributed by atoms with van der Waals surface area (Å²) in [7, 11) is 0. The van der Waals surface area contributed by atoms with Gasteiger partial charge in [0.1, 0.15) is 5.76 Å². The van der Waals surface area contributed by atoms with E-state index < -0.39 is 0 Å². The lowest BCUT2D eigenvalue weighted by Gasteiger charge is -2.02. The van der Waals surface area contributed by atoms with Gasteiger partial charge in [-0.1, -0.05) is 18.2 Å². The first kappa shape index (κ1) is 19.0. The molecule has 4 aromatic rings. The van der Waals surface area contributed by atoms with Gasteiger partial charge < -0.3 is 9.73 Å². The predicted molar refractivity (Wildman–Crippen MR) is 113 cm³/mol. The molecule has 1 N–H and O–H groups in total. The van der Waals surface area contributed by atoms with E-state index in [1.165, 1.54) is 0 Å². The Morgan fingerprint density at radius 2 is 1.86 bits per heavy atom. The van der Waals surface area contributed by atoms with Crippen LogP contribution in [-0.4, -0.2) is 27.4 Å². The van der Waals surface area contributed by atoms with E-state index in [1.807, 2.05) is 47.8 Å². The topological polar surface area (TPSA) is 80.9 Å². The molecule has 29 heavy (non-hydrogen) atoms. The molecule has 0 aliphatic heterocycles. The van der Waals surface area contributed by atoms with Gasteiger partial charge in [0.15, 0.2) is 5.69 Å². The van der Waals surface area contributed by atoms with Crippen LogP contribution in [0.1, 0.15) is 27.7 Å². The molecule has 0 aliphatic rings. The van der Waals surface area contributed by atoms with Gasteiger partial charge in [-0.2, -0.15) is 0 Å². The van der Waals surface area contributed by atoms with Gasteiger partial charge in [0, 0.05) is 41.9 Å². The normalized spacial score (nSPS) is 10.8. The molecule has 0 bridgehead atoms. The molecule has 146 valence electrons. The van der Waals surface area contributed by atoms with Crippen molar-refractivity contribution in [2.45, 2.75) is 19.8 Å². The first-order valence-electron chi connectivity index (χ1n) is 9.36. The molecule has 3 aromatic heterocycles. The SMILES string of the molecule is Cc1oc(-c2ccccc2)nc1C(=O)NCCCc1nc(-c2ccncc2)cs1. The van der Waals surface area contributed by atoms with Crippen LogP contribution in [0.4, 0.5) is 0 Å². The number of nitrogens with zero attached hydrogens (tertiary/aromatic N) is 3. The number of amides is 1. The number of aryl methyl sites for hydroxylation is 2. The largest absolute Gasteiger partial charge is 0.441 e. The lowest BCUT2D eigenvalue weighted by molar-refractivity contribution is 0.0947. The Labute approximate surface area is 172 Å². The van der Waals surface area contributed by atoms with Crippen molar-refractivity contribution in [3.05, 3.63) is 76.7 Å². The van der Waals surface area contributed by atoms with Crippen molar-refractivity contribution < 1.29 is 9.21 Å². The van der Waals surface area contributed by atoms with Crippen LogP contribution in [0.25, 0.3) is 22.7 Å². The van der Waals surface area contributed by atoms with Crippen molar-refractivity contribution >= 4 is 17.2 Å². The summed E-state index contributed by atoms with van der Waals surface area (Å²) in [6.45, 7) is 2.31. The third kappa shape index (κ3) is 4.57. The van der Waals surface area contributed by atoms with Gasteiger partial charge in [-0.15, -0.1) is 11.3 Å². The monoisotopic (exact) mass is 404 g/mol. The quantitative estimate of drug-likeness (QED) is 0.458. The van der Waals surface area contributed by atoms with Crippen molar-refractivity contribution in [3.8, 4) is 22.7 Å². The third-order valence-corrected chi connectivity index (χ3v) is 5.32. The minimum atomic E-state index is -0.218. The first-order valence-corrected chi connectivity index (χ1v) is 10.2. The maximum atomic E-state index is 12.5. The Morgan fingerprint density at radius 3 is 2.66 bits per heavy atom. The highest BCUT2D eigenvalue weighted by Crippen LogP contribution is 2.22. The van der Waals surface area contributed by atoms with Gasteiger partial charge in [0.25, 0.3) is 5.91 Å². The summed E-state index contributed by atoms with van der Waals surface area (Å²) < 4.78 is 5.66. The molecule has 1 aromatic carbocycles. The molecule has 0 unspecified atom stereocenters. The number of rotatable bonds is 7. The molecular weight excluding hydrogens is 384 g/mol. The van der Waals surface area contributed by atoms with Gasteiger partial charge in [0.05, 0.1) is 10.7 Å².